The van der Waals surface area contributed by atoms with E-state index in [1.807, 2.05) is 19.1 Å². The fourth-order valence-corrected chi connectivity index (χ4v) is 1.60. The minimum atomic E-state index is -1.03. The predicted octanol–water partition coefficient (Wildman–Crippen LogP) is 2.35. The number of anilines is 1. The van der Waals surface area contributed by atoms with Crippen LogP contribution in [0, 0.1) is 0 Å². The number of rotatable bonds is 4. The Bertz CT molecular complexity index is 543. The lowest BCUT2D eigenvalue weighted by atomic mass is 10.1. The molecule has 0 fully saturated rings. The standard InChI is InChI=1S/C13H13N3O2/c1-9(10-3-2-5-14-8-10)16-11-4-6-15-12(7-11)13(17)18/h2-9H,1H3,(H,15,16)(H,17,18). The van der Waals surface area contributed by atoms with Gasteiger partial charge in [-0.15, -0.1) is 0 Å². The molecule has 1 unspecified atom stereocenters. The second-order valence-corrected chi connectivity index (χ2v) is 3.89. The fourth-order valence-electron chi connectivity index (χ4n) is 1.60. The van der Waals surface area contributed by atoms with Crippen molar-refractivity contribution in [2.45, 2.75) is 13.0 Å². The minimum Gasteiger partial charge on any atom is -0.477 e. The van der Waals surface area contributed by atoms with Gasteiger partial charge < -0.3 is 10.4 Å². The third-order valence-corrected chi connectivity index (χ3v) is 2.55. The SMILES string of the molecule is CC(Nc1ccnc(C(=O)O)c1)c1cccnc1. The van der Waals surface area contributed by atoms with Gasteiger partial charge in [-0.25, -0.2) is 9.78 Å². The lowest BCUT2D eigenvalue weighted by molar-refractivity contribution is 0.0690. The van der Waals surface area contributed by atoms with E-state index in [9.17, 15) is 4.79 Å². The zero-order chi connectivity index (χ0) is 13.0. The normalized spacial score (nSPS) is 11.8. The van der Waals surface area contributed by atoms with Crippen LogP contribution < -0.4 is 5.32 Å². The summed E-state index contributed by atoms with van der Waals surface area (Å²) in [7, 11) is 0. The van der Waals surface area contributed by atoms with Crippen LogP contribution in [-0.4, -0.2) is 21.0 Å². The molecule has 0 radical (unpaired) electrons. The highest BCUT2D eigenvalue weighted by Gasteiger charge is 2.08. The highest BCUT2D eigenvalue weighted by molar-refractivity contribution is 5.86. The number of nitrogens with zero attached hydrogens (tertiary/aromatic N) is 2. The van der Waals surface area contributed by atoms with Gasteiger partial charge in [0.25, 0.3) is 0 Å². The number of pyridine rings is 2. The summed E-state index contributed by atoms with van der Waals surface area (Å²) in [5.74, 6) is -1.03. The molecule has 0 bridgehead atoms. The summed E-state index contributed by atoms with van der Waals surface area (Å²) < 4.78 is 0. The molecule has 0 amide bonds. The van der Waals surface area contributed by atoms with Gasteiger partial charge in [0, 0.05) is 24.3 Å². The second-order valence-electron chi connectivity index (χ2n) is 3.89. The van der Waals surface area contributed by atoms with E-state index in [1.165, 1.54) is 12.3 Å². The van der Waals surface area contributed by atoms with Crippen LogP contribution in [0.2, 0.25) is 0 Å². The van der Waals surface area contributed by atoms with E-state index in [0.717, 1.165) is 11.3 Å². The highest BCUT2D eigenvalue weighted by Crippen LogP contribution is 2.18. The molecule has 0 saturated heterocycles. The van der Waals surface area contributed by atoms with Crippen LogP contribution >= 0.6 is 0 Å². The largest absolute Gasteiger partial charge is 0.477 e. The van der Waals surface area contributed by atoms with Crippen molar-refractivity contribution in [1.82, 2.24) is 9.97 Å². The molecule has 5 nitrogen and oxygen atoms in total. The number of carbonyl (C=O) groups is 1. The minimum absolute atomic E-state index is 0.0263. The number of carboxylic acids is 1. The number of carboxylic acid groups (broad SMARTS) is 1. The molecule has 18 heavy (non-hydrogen) atoms. The maximum absolute atomic E-state index is 10.8. The van der Waals surface area contributed by atoms with Crippen molar-refractivity contribution in [1.29, 1.82) is 0 Å². The first-order valence-corrected chi connectivity index (χ1v) is 5.52. The van der Waals surface area contributed by atoms with Gasteiger partial charge in [0.05, 0.1) is 6.04 Å². The van der Waals surface area contributed by atoms with E-state index in [1.54, 1.807) is 18.5 Å². The monoisotopic (exact) mass is 243 g/mol. The van der Waals surface area contributed by atoms with E-state index < -0.39 is 5.97 Å². The van der Waals surface area contributed by atoms with E-state index in [-0.39, 0.29) is 11.7 Å². The molecule has 2 heterocycles. The molecule has 0 spiro atoms. The van der Waals surface area contributed by atoms with E-state index in [4.69, 9.17) is 5.11 Å². The molecule has 92 valence electrons. The van der Waals surface area contributed by atoms with Crippen LogP contribution in [0.1, 0.15) is 29.0 Å². The van der Waals surface area contributed by atoms with E-state index >= 15 is 0 Å². The Morgan fingerprint density at radius 3 is 2.89 bits per heavy atom. The molecule has 0 saturated carbocycles. The molecule has 2 aromatic rings. The van der Waals surface area contributed by atoms with Gasteiger partial charge in [-0.3, -0.25) is 4.98 Å². The summed E-state index contributed by atoms with van der Waals surface area (Å²) in [5, 5.41) is 12.1. The summed E-state index contributed by atoms with van der Waals surface area (Å²) in [5.41, 5.74) is 1.78. The average Bonchev–Trinajstić information content (AvgIpc) is 2.40. The van der Waals surface area contributed by atoms with Crippen molar-refractivity contribution in [3.05, 3.63) is 54.1 Å². The van der Waals surface area contributed by atoms with Crippen LogP contribution in [-0.2, 0) is 0 Å². The fraction of sp³-hybridized carbons (Fsp3) is 0.154. The first-order chi connectivity index (χ1) is 8.66. The van der Waals surface area contributed by atoms with Gasteiger partial charge in [-0.05, 0) is 30.7 Å². The molecule has 0 aromatic carbocycles. The first-order valence-electron chi connectivity index (χ1n) is 5.52. The third-order valence-electron chi connectivity index (χ3n) is 2.55. The molecule has 0 aliphatic carbocycles. The molecule has 5 heteroatoms. The van der Waals surface area contributed by atoms with Crippen molar-refractivity contribution in [2.75, 3.05) is 5.32 Å². The van der Waals surface area contributed by atoms with Crippen LogP contribution in [0.3, 0.4) is 0 Å². The average molecular weight is 243 g/mol. The Kier molecular flexibility index (Phi) is 3.52. The maximum Gasteiger partial charge on any atom is 0.354 e. The summed E-state index contributed by atoms with van der Waals surface area (Å²) >= 11 is 0. The number of hydrogen-bond acceptors (Lipinski definition) is 4. The molecular formula is C13H13N3O2. The van der Waals surface area contributed by atoms with Gasteiger partial charge in [-0.1, -0.05) is 6.07 Å². The Balaban J connectivity index is 2.14. The van der Waals surface area contributed by atoms with E-state index in [2.05, 4.69) is 15.3 Å². The summed E-state index contributed by atoms with van der Waals surface area (Å²) in [6, 6.07) is 7.11. The summed E-state index contributed by atoms with van der Waals surface area (Å²) in [4.78, 5) is 18.6. The van der Waals surface area contributed by atoms with Crippen LogP contribution in [0.4, 0.5) is 5.69 Å². The van der Waals surface area contributed by atoms with Gasteiger partial charge in [0.2, 0.25) is 0 Å². The molecule has 2 aromatic heterocycles. The lowest BCUT2D eigenvalue weighted by Gasteiger charge is -2.15. The molecule has 0 aliphatic rings. The van der Waals surface area contributed by atoms with Crippen molar-refractivity contribution in [3.63, 3.8) is 0 Å². The Morgan fingerprint density at radius 1 is 1.39 bits per heavy atom. The number of aromatic nitrogens is 2. The van der Waals surface area contributed by atoms with Crippen LogP contribution in [0.5, 0.6) is 0 Å². The molecule has 0 aliphatic heterocycles. The van der Waals surface area contributed by atoms with Crippen molar-refractivity contribution in [3.8, 4) is 0 Å². The first kappa shape index (κ1) is 12.0. The second kappa shape index (κ2) is 5.27. The Hall–Kier alpha value is -2.43. The maximum atomic E-state index is 10.8. The van der Waals surface area contributed by atoms with Crippen molar-refractivity contribution >= 4 is 11.7 Å². The van der Waals surface area contributed by atoms with Gasteiger partial charge in [0.15, 0.2) is 0 Å². The molecule has 2 rings (SSSR count). The number of aromatic carboxylic acids is 1. The summed E-state index contributed by atoms with van der Waals surface area (Å²) in [6.07, 6.45) is 4.96. The van der Waals surface area contributed by atoms with E-state index in [0.29, 0.717) is 0 Å². The van der Waals surface area contributed by atoms with Crippen molar-refractivity contribution < 1.29 is 9.90 Å². The molecular weight excluding hydrogens is 230 g/mol. The lowest BCUT2D eigenvalue weighted by Crippen LogP contribution is -2.08. The van der Waals surface area contributed by atoms with Crippen molar-refractivity contribution in [2.24, 2.45) is 0 Å². The summed E-state index contributed by atoms with van der Waals surface area (Å²) in [6.45, 7) is 1.98. The highest BCUT2D eigenvalue weighted by atomic mass is 16.4. The predicted molar refractivity (Wildman–Crippen MR) is 67.5 cm³/mol. The number of nitrogens with one attached hydrogen (secondary N) is 1. The number of hydrogen-bond donors (Lipinski definition) is 2. The molecule has 1 atom stereocenters. The van der Waals surface area contributed by atoms with Gasteiger partial charge in [-0.2, -0.15) is 0 Å². The molecule has 2 N–H and O–H groups in total. The smallest absolute Gasteiger partial charge is 0.354 e. The quantitative estimate of drug-likeness (QED) is 0.862. The zero-order valence-electron chi connectivity index (χ0n) is 9.87. The van der Waals surface area contributed by atoms with Crippen LogP contribution in [0.15, 0.2) is 42.9 Å². The van der Waals surface area contributed by atoms with Gasteiger partial charge in [0.1, 0.15) is 5.69 Å². The topological polar surface area (TPSA) is 75.1 Å². The zero-order valence-corrected chi connectivity index (χ0v) is 9.87. The van der Waals surface area contributed by atoms with Gasteiger partial charge >= 0.3 is 5.97 Å². The van der Waals surface area contributed by atoms with Crippen LogP contribution in [0.25, 0.3) is 0 Å². The Labute approximate surface area is 105 Å². The third kappa shape index (κ3) is 2.82. The Morgan fingerprint density at radius 2 is 2.22 bits per heavy atom.